The molecule has 1 amide bonds. The van der Waals surface area contributed by atoms with Crippen molar-refractivity contribution in [1.29, 1.82) is 0 Å². The van der Waals surface area contributed by atoms with E-state index in [1.54, 1.807) is 25.1 Å². The van der Waals surface area contributed by atoms with Gasteiger partial charge in [-0.25, -0.2) is 4.79 Å². The van der Waals surface area contributed by atoms with Gasteiger partial charge in [-0.1, -0.05) is 6.07 Å². The third kappa shape index (κ3) is 6.01. The summed E-state index contributed by atoms with van der Waals surface area (Å²) in [7, 11) is 2.51. The first-order chi connectivity index (χ1) is 14.7. The normalized spacial score (nSPS) is 10.4. The summed E-state index contributed by atoms with van der Waals surface area (Å²) in [6.07, 6.45) is 0. The molecule has 0 aliphatic rings. The number of hydrogen-bond acceptors (Lipinski definition) is 8. The van der Waals surface area contributed by atoms with Crippen LogP contribution in [0.25, 0.3) is 0 Å². The predicted molar refractivity (Wildman–Crippen MR) is 103 cm³/mol. The van der Waals surface area contributed by atoms with Gasteiger partial charge in [0.15, 0.2) is 18.1 Å². The number of esters is 1. The van der Waals surface area contributed by atoms with Crippen molar-refractivity contribution in [3.05, 3.63) is 51.6 Å². The molecule has 2 aromatic rings. The Morgan fingerprint density at radius 2 is 1.77 bits per heavy atom. The molecule has 0 aliphatic heterocycles. The summed E-state index contributed by atoms with van der Waals surface area (Å²) < 4.78 is 44.0. The van der Waals surface area contributed by atoms with E-state index in [1.807, 2.05) is 0 Å². The molecule has 2 rings (SSSR count). The number of carbonyl (C=O) groups excluding carboxylic acids is 2. The molecule has 10 nitrogen and oxygen atoms in total. The number of ether oxygens (including phenoxy) is 4. The maximum absolute atomic E-state index is 12.5. The standard InChI is InChI=1S/C19H18F2N2O8/c1-10-4-5-14(28-2)12(6-10)22-17(24)9-30-18(25)11-7-15(29-3)16(31-19(20)21)8-13(11)23(26)27/h4-8,19H,9H2,1-3H3,(H,22,24). The van der Waals surface area contributed by atoms with Crippen LogP contribution in [0.3, 0.4) is 0 Å². The van der Waals surface area contributed by atoms with E-state index in [-0.39, 0.29) is 5.75 Å². The van der Waals surface area contributed by atoms with Crippen molar-refractivity contribution in [3.8, 4) is 17.2 Å². The van der Waals surface area contributed by atoms with Gasteiger partial charge in [-0.05, 0) is 24.6 Å². The molecule has 1 N–H and O–H groups in total. The van der Waals surface area contributed by atoms with Crippen molar-refractivity contribution in [2.24, 2.45) is 0 Å². The van der Waals surface area contributed by atoms with Gasteiger partial charge in [-0.3, -0.25) is 14.9 Å². The molecule has 0 fully saturated rings. The van der Waals surface area contributed by atoms with E-state index >= 15 is 0 Å². The molecule has 0 radical (unpaired) electrons. The lowest BCUT2D eigenvalue weighted by Gasteiger charge is -2.13. The van der Waals surface area contributed by atoms with Crippen LogP contribution in [0.15, 0.2) is 30.3 Å². The second-order valence-corrected chi connectivity index (χ2v) is 5.98. The zero-order valence-corrected chi connectivity index (χ0v) is 16.6. The molecule has 0 aromatic heterocycles. The number of alkyl halides is 2. The van der Waals surface area contributed by atoms with Crippen LogP contribution in [0.5, 0.6) is 17.2 Å². The number of hydrogen-bond donors (Lipinski definition) is 1. The van der Waals surface area contributed by atoms with Crippen LogP contribution >= 0.6 is 0 Å². The van der Waals surface area contributed by atoms with Crippen LogP contribution in [-0.4, -0.2) is 44.2 Å². The van der Waals surface area contributed by atoms with E-state index in [9.17, 15) is 28.5 Å². The number of benzene rings is 2. The summed E-state index contributed by atoms with van der Waals surface area (Å²) in [5, 5.41) is 13.8. The third-order valence-electron chi connectivity index (χ3n) is 3.88. The number of carbonyl (C=O) groups is 2. The highest BCUT2D eigenvalue weighted by molar-refractivity contribution is 5.98. The summed E-state index contributed by atoms with van der Waals surface area (Å²) in [6, 6.07) is 6.47. The summed E-state index contributed by atoms with van der Waals surface area (Å²) in [6.45, 7) is -2.25. The molecule has 2 aromatic carbocycles. The molecular weight excluding hydrogens is 422 g/mol. The molecule has 0 aliphatic carbocycles. The largest absolute Gasteiger partial charge is 0.495 e. The van der Waals surface area contributed by atoms with E-state index in [0.29, 0.717) is 17.5 Å². The van der Waals surface area contributed by atoms with Crippen LogP contribution < -0.4 is 19.5 Å². The zero-order valence-electron chi connectivity index (χ0n) is 16.6. The minimum atomic E-state index is -3.27. The van der Waals surface area contributed by atoms with Crippen LogP contribution in [0.2, 0.25) is 0 Å². The Labute approximate surface area is 174 Å². The lowest BCUT2D eigenvalue weighted by molar-refractivity contribution is -0.385. The molecule has 0 saturated carbocycles. The van der Waals surface area contributed by atoms with E-state index in [2.05, 4.69) is 10.1 Å². The molecule has 0 heterocycles. The number of nitro groups is 1. The predicted octanol–water partition coefficient (Wildman–Crippen LogP) is 3.32. The number of nitrogens with zero attached hydrogens (tertiary/aromatic N) is 1. The number of nitro benzene ring substituents is 1. The Bertz CT molecular complexity index is 997. The van der Waals surface area contributed by atoms with Crippen LogP contribution in [0.1, 0.15) is 15.9 Å². The zero-order chi connectivity index (χ0) is 23.1. The summed E-state index contributed by atoms with van der Waals surface area (Å²) in [4.78, 5) is 34.8. The van der Waals surface area contributed by atoms with Crippen molar-refractivity contribution in [3.63, 3.8) is 0 Å². The monoisotopic (exact) mass is 440 g/mol. The van der Waals surface area contributed by atoms with Gasteiger partial charge in [0.1, 0.15) is 11.3 Å². The van der Waals surface area contributed by atoms with E-state index in [4.69, 9.17) is 14.2 Å². The SMILES string of the molecule is COc1ccc(C)cc1NC(=O)COC(=O)c1cc(OC)c(OC(F)F)cc1[N+](=O)[O-]. The van der Waals surface area contributed by atoms with Gasteiger partial charge in [-0.2, -0.15) is 8.78 Å². The Kier molecular flexibility index (Phi) is 7.66. The minimum Gasteiger partial charge on any atom is -0.495 e. The van der Waals surface area contributed by atoms with Crippen molar-refractivity contribution < 1.29 is 42.2 Å². The molecule has 0 atom stereocenters. The number of amides is 1. The van der Waals surface area contributed by atoms with Gasteiger partial charge < -0.3 is 24.3 Å². The van der Waals surface area contributed by atoms with Crippen molar-refractivity contribution in [2.75, 3.05) is 26.1 Å². The van der Waals surface area contributed by atoms with Gasteiger partial charge in [0.05, 0.1) is 30.9 Å². The topological polar surface area (TPSA) is 126 Å². The fourth-order valence-corrected chi connectivity index (χ4v) is 2.53. The molecule has 0 spiro atoms. The number of methoxy groups -OCH3 is 2. The van der Waals surface area contributed by atoms with Gasteiger partial charge >= 0.3 is 12.6 Å². The Morgan fingerprint density at radius 1 is 1.10 bits per heavy atom. The second-order valence-electron chi connectivity index (χ2n) is 5.98. The maximum Gasteiger partial charge on any atom is 0.387 e. The number of aryl methyl sites for hydroxylation is 1. The number of anilines is 1. The lowest BCUT2D eigenvalue weighted by atomic mass is 10.1. The van der Waals surface area contributed by atoms with Crippen molar-refractivity contribution in [1.82, 2.24) is 0 Å². The van der Waals surface area contributed by atoms with Gasteiger partial charge in [-0.15, -0.1) is 0 Å². The molecule has 31 heavy (non-hydrogen) atoms. The highest BCUT2D eigenvalue weighted by Crippen LogP contribution is 2.36. The number of halogens is 2. The Morgan fingerprint density at radius 3 is 2.35 bits per heavy atom. The fraction of sp³-hybridized carbons (Fsp3) is 0.263. The number of nitrogens with one attached hydrogen (secondary N) is 1. The molecule has 0 unspecified atom stereocenters. The van der Waals surface area contributed by atoms with Crippen LogP contribution in [0, 0.1) is 17.0 Å². The quantitative estimate of drug-likeness (QED) is 0.358. The van der Waals surface area contributed by atoms with Gasteiger partial charge in [0.25, 0.3) is 11.6 Å². The highest BCUT2D eigenvalue weighted by atomic mass is 19.3. The smallest absolute Gasteiger partial charge is 0.387 e. The molecule has 12 heteroatoms. The lowest BCUT2D eigenvalue weighted by Crippen LogP contribution is -2.21. The highest BCUT2D eigenvalue weighted by Gasteiger charge is 2.27. The average molecular weight is 440 g/mol. The Hall–Kier alpha value is -3.96. The summed E-state index contributed by atoms with van der Waals surface area (Å²) in [5.41, 5.74) is -0.293. The van der Waals surface area contributed by atoms with E-state index in [1.165, 1.54) is 7.11 Å². The first-order valence-electron chi connectivity index (χ1n) is 8.59. The first-order valence-corrected chi connectivity index (χ1v) is 8.59. The summed E-state index contributed by atoms with van der Waals surface area (Å²) in [5.74, 6) is -2.58. The molecule has 0 saturated heterocycles. The maximum atomic E-state index is 12.5. The number of rotatable bonds is 9. The minimum absolute atomic E-state index is 0.338. The molecule has 0 bridgehead atoms. The fourth-order valence-electron chi connectivity index (χ4n) is 2.53. The Balaban J connectivity index is 2.18. The average Bonchev–Trinajstić information content (AvgIpc) is 2.71. The second kappa shape index (κ2) is 10.2. The first kappa shape index (κ1) is 23.3. The molecule has 166 valence electrons. The van der Waals surface area contributed by atoms with E-state index < -0.39 is 47.0 Å². The van der Waals surface area contributed by atoms with Gasteiger partial charge in [0.2, 0.25) is 0 Å². The van der Waals surface area contributed by atoms with Crippen LogP contribution in [0.4, 0.5) is 20.2 Å². The summed E-state index contributed by atoms with van der Waals surface area (Å²) >= 11 is 0. The van der Waals surface area contributed by atoms with Crippen molar-refractivity contribution >= 4 is 23.3 Å². The molecular formula is C19H18F2N2O8. The van der Waals surface area contributed by atoms with E-state index in [0.717, 1.165) is 18.7 Å². The van der Waals surface area contributed by atoms with Crippen LogP contribution in [-0.2, 0) is 9.53 Å². The third-order valence-corrected chi connectivity index (χ3v) is 3.88. The van der Waals surface area contributed by atoms with Crippen molar-refractivity contribution in [2.45, 2.75) is 13.5 Å². The van der Waals surface area contributed by atoms with Gasteiger partial charge in [0, 0.05) is 6.07 Å².